The minimum Gasteiger partial charge on any atom is -0.443 e. The highest BCUT2D eigenvalue weighted by Gasteiger charge is 2.42. The van der Waals surface area contributed by atoms with E-state index in [9.17, 15) is 23.1 Å². The Bertz CT molecular complexity index is 578. The van der Waals surface area contributed by atoms with Gasteiger partial charge >= 0.3 is 12.3 Å². The number of amides is 1. The summed E-state index contributed by atoms with van der Waals surface area (Å²) in [6.07, 6.45) is -5.32. The van der Waals surface area contributed by atoms with Gasteiger partial charge in [0.05, 0.1) is 23.9 Å². The Morgan fingerprint density at radius 3 is 2.50 bits per heavy atom. The molecule has 1 atom stereocenters. The number of ether oxygens (including phenoxy) is 1. The number of fused-ring (bicyclic) bond motifs is 1. The van der Waals surface area contributed by atoms with Crippen molar-refractivity contribution < 1.29 is 27.8 Å². The van der Waals surface area contributed by atoms with Crippen LogP contribution < -0.4 is 4.90 Å². The summed E-state index contributed by atoms with van der Waals surface area (Å²) in [5.74, 6) is 0. The second kappa shape index (κ2) is 5.46. The molecule has 7 heteroatoms. The van der Waals surface area contributed by atoms with Gasteiger partial charge in [-0.05, 0) is 44.9 Å². The lowest BCUT2D eigenvalue weighted by molar-refractivity contribution is -0.138. The smallest absolute Gasteiger partial charge is 0.416 e. The lowest BCUT2D eigenvalue weighted by Gasteiger charge is -2.28. The van der Waals surface area contributed by atoms with E-state index >= 15 is 0 Å². The fraction of sp³-hybridized carbons (Fsp3) is 0.533. The zero-order valence-electron chi connectivity index (χ0n) is 12.6. The molecule has 1 aliphatic rings. The number of benzene rings is 1. The molecule has 1 aromatic carbocycles. The van der Waals surface area contributed by atoms with Gasteiger partial charge in [0, 0.05) is 0 Å². The van der Waals surface area contributed by atoms with Crippen LogP contribution in [0.3, 0.4) is 0 Å². The van der Waals surface area contributed by atoms with Crippen molar-refractivity contribution in [3.05, 3.63) is 29.3 Å². The van der Waals surface area contributed by atoms with Crippen molar-refractivity contribution in [3.8, 4) is 0 Å². The van der Waals surface area contributed by atoms with Gasteiger partial charge in [-0.1, -0.05) is 6.07 Å². The largest absolute Gasteiger partial charge is 0.443 e. The molecule has 0 spiro atoms. The van der Waals surface area contributed by atoms with Crippen LogP contribution in [0.25, 0.3) is 0 Å². The number of nitrogens with zero attached hydrogens (tertiary/aromatic N) is 1. The first kappa shape index (κ1) is 16.6. The highest BCUT2D eigenvalue weighted by atomic mass is 19.4. The van der Waals surface area contributed by atoms with E-state index in [0.29, 0.717) is 0 Å². The predicted molar refractivity (Wildman–Crippen MR) is 74.7 cm³/mol. The number of hydrogen-bond acceptors (Lipinski definition) is 3. The minimum atomic E-state index is -4.50. The van der Waals surface area contributed by atoms with Crippen molar-refractivity contribution in [2.75, 3.05) is 11.5 Å². The zero-order valence-corrected chi connectivity index (χ0v) is 12.6. The highest BCUT2D eigenvalue weighted by molar-refractivity contribution is 5.92. The molecule has 0 saturated carbocycles. The van der Waals surface area contributed by atoms with Crippen molar-refractivity contribution in [1.82, 2.24) is 0 Å². The molecule has 1 aromatic rings. The molecule has 0 fully saturated rings. The van der Waals surface area contributed by atoms with E-state index in [1.807, 2.05) is 0 Å². The van der Waals surface area contributed by atoms with Gasteiger partial charge < -0.3 is 9.84 Å². The van der Waals surface area contributed by atoms with Crippen LogP contribution in [-0.2, 0) is 17.3 Å². The summed E-state index contributed by atoms with van der Waals surface area (Å²) in [6.45, 7) is 4.57. The van der Waals surface area contributed by atoms with E-state index in [1.54, 1.807) is 20.8 Å². The standard InChI is InChI=1S/C15H18F3NO3/c1-14(2,3)22-13(21)19-9(8-20)7-10-11(15(16,17)18)5-4-6-12(10)19/h4-6,9,20H,7-8H2,1-3H3/t9-/m0/s1. The quantitative estimate of drug-likeness (QED) is 0.864. The molecule has 0 aliphatic carbocycles. The van der Waals surface area contributed by atoms with E-state index in [2.05, 4.69) is 0 Å². The molecule has 1 N–H and O–H groups in total. The number of rotatable bonds is 1. The second-order valence-corrected chi connectivity index (χ2v) is 6.19. The number of alkyl halides is 3. The molecule has 122 valence electrons. The average Bonchev–Trinajstić information content (AvgIpc) is 2.73. The highest BCUT2D eigenvalue weighted by Crippen LogP contribution is 2.41. The number of carbonyl (C=O) groups is 1. The van der Waals surface area contributed by atoms with Crippen molar-refractivity contribution in [2.45, 2.75) is 45.0 Å². The Balaban J connectivity index is 2.44. The molecule has 4 nitrogen and oxygen atoms in total. The molecule has 0 radical (unpaired) electrons. The predicted octanol–water partition coefficient (Wildman–Crippen LogP) is 3.36. The van der Waals surface area contributed by atoms with Crippen molar-refractivity contribution >= 4 is 11.8 Å². The van der Waals surface area contributed by atoms with Gasteiger partial charge in [-0.25, -0.2) is 4.79 Å². The van der Waals surface area contributed by atoms with Crippen LogP contribution in [0.2, 0.25) is 0 Å². The van der Waals surface area contributed by atoms with Gasteiger partial charge in [0.25, 0.3) is 0 Å². The van der Waals surface area contributed by atoms with Gasteiger partial charge in [-0.2, -0.15) is 13.2 Å². The minimum absolute atomic E-state index is 0.0138. The second-order valence-electron chi connectivity index (χ2n) is 6.19. The first-order valence-corrected chi connectivity index (χ1v) is 6.87. The van der Waals surface area contributed by atoms with Crippen LogP contribution in [0.5, 0.6) is 0 Å². The van der Waals surface area contributed by atoms with Crippen molar-refractivity contribution in [2.24, 2.45) is 0 Å². The Kier molecular flexibility index (Phi) is 4.12. The first-order chi connectivity index (χ1) is 10.0. The van der Waals surface area contributed by atoms with E-state index in [-0.39, 0.29) is 17.7 Å². The monoisotopic (exact) mass is 317 g/mol. The lowest BCUT2D eigenvalue weighted by Crippen LogP contribution is -2.43. The van der Waals surface area contributed by atoms with Crippen LogP contribution in [0, 0.1) is 0 Å². The molecule has 0 aromatic heterocycles. The van der Waals surface area contributed by atoms with E-state index < -0.39 is 36.1 Å². The molecule has 0 bridgehead atoms. The summed E-state index contributed by atoms with van der Waals surface area (Å²) in [6, 6.07) is 2.91. The fourth-order valence-corrected chi connectivity index (χ4v) is 2.51. The normalized spacial score (nSPS) is 18.3. The summed E-state index contributed by atoms with van der Waals surface area (Å²) >= 11 is 0. The molecule has 1 aliphatic heterocycles. The zero-order chi connectivity index (χ0) is 16.7. The maximum absolute atomic E-state index is 13.1. The third-order valence-electron chi connectivity index (χ3n) is 3.32. The fourth-order valence-electron chi connectivity index (χ4n) is 2.51. The van der Waals surface area contributed by atoms with Crippen LogP contribution in [0.15, 0.2) is 18.2 Å². The third-order valence-corrected chi connectivity index (χ3v) is 3.32. The maximum Gasteiger partial charge on any atom is 0.416 e. The summed E-state index contributed by atoms with van der Waals surface area (Å²) in [7, 11) is 0. The van der Waals surface area contributed by atoms with Crippen LogP contribution >= 0.6 is 0 Å². The number of anilines is 1. The molecular weight excluding hydrogens is 299 g/mol. The number of hydrogen-bond donors (Lipinski definition) is 1. The van der Waals surface area contributed by atoms with Gasteiger partial charge in [-0.3, -0.25) is 4.90 Å². The Morgan fingerprint density at radius 2 is 2.00 bits per heavy atom. The average molecular weight is 317 g/mol. The topological polar surface area (TPSA) is 49.8 Å². The van der Waals surface area contributed by atoms with Crippen LogP contribution in [0.4, 0.5) is 23.7 Å². The van der Waals surface area contributed by atoms with Crippen molar-refractivity contribution in [3.63, 3.8) is 0 Å². The number of carbonyl (C=O) groups excluding carboxylic acids is 1. The van der Waals surface area contributed by atoms with Gasteiger partial charge in [0.2, 0.25) is 0 Å². The van der Waals surface area contributed by atoms with Gasteiger partial charge in [-0.15, -0.1) is 0 Å². The molecular formula is C15H18F3NO3. The van der Waals surface area contributed by atoms with Crippen molar-refractivity contribution in [1.29, 1.82) is 0 Å². The number of aliphatic hydroxyl groups excluding tert-OH is 1. The molecule has 22 heavy (non-hydrogen) atoms. The molecule has 0 unspecified atom stereocenters. The molecule has 2 rings (SSSR count). The molecule has 1 amide bonds. The van der Waals surface area contributed by atoms with E-state index in [1.165, 1.54) is 12.1 Å². The number of halogens is 3. The summed E-state index contributed by atoms with van der Waals surface area (Å²) in [4.78, 5) is 13.4. The van der Waals surface area contributed by atoms with E-state index in [0.717, 1.165) is 11.0 Å². The summed E-state index contributed by atoms with van der Waals surface area (Å²) < 4.78 is 44.5. The van der Waals surface area contributed by atoms with Crippen LogP contribution in [0.1, 0.15) is 31.9 Å². The Labute approximate surface area is 126 Å². The van der Waals surface area contributed by atoms with E-state index in [4.69, 9.17) is 4.74 Å². The first-order valence-electron chi connectivity index (χ1n) is 6.87. The summed E-state index contributed by atoms with van der Waals surface area (Å²) in [5.41, 5.74) is -1.40. The Morgan fingerprint density at radius 1 is 1.36 bits per heavy atom. The molecule has 1 heterocycles. The SMILES string of the molecule is CC(C)(C)OC(=O)N1c2cccc(C(F)(F)F)c2C[C@H]1CO. The maximum atomic E-state index is 13.1. The lowest BCUT2D eigenvalue weighted by atomic mass is 10.0. The Hall–Kier alpha value is -1.76. The van der Waals surface area contributed by atoms with Gasteiger partial charge in [0.1, 0.15) is 5.60 Å². The molecule has 0 saturated heterocycles. The third kappa shape index (κ3) is 3.19. The summed E-state index contributed by atoms with van der Waals surface area (Å²) in [5, 5.41) is 9.42. The van der Waals surface area contributed by atoms with Crippen LogP contribution in [-0.4, -0.2) is 29.4 Å². The number of aliphatic hydroxyl groups is 1. The van der Waals surface area contributed by atoms with Gasteiger partial charge in [0.15, 0.2) is 0 Å².